The van der Waals surface area contributed by atoms with Gasteiger partial charge in [-0.1, -0.05) is 64.9 Å². The highest BCUT2D eigenvalue weighted by molar-refractivity contribution is 7.99. The molecule has 0 fully saturated rings. The van der Waals surface area contributed by atoms with Crippen molar-refractivity contribution >= 4 is 17.7 Å². The fourth-order valence-corrected chi connectivity index (χ4v) is 3.23. The molecule has 0 aromatic carbocycles. The summed E-state index contributed by atoms with van der Waals surface area (Å²) in [5, 5.41) is 0. The van der Waals surface area contributed by atoms with Gasteiger partial charge in [0.25, 0.3) is 0 Å². The van der Waals surface area contributed by atoms with Crippen LogP contribution in [0.15, 0.2) is 12.2 Å². The monoisotopic (exact) mass is 328 g/mol. The fourth-order valence-electron chi connectivity index (χ4n) is 2.21. The third kappa shape index (κ3) is 15.9. The summed E-state index contributed by atoms with van der Waals surface area (Å²) < 4.78 is 5.07. The van der Waals surface area contributed by atoms with Gasteiger partial charge < -0.3 is 4.74 Å². The first-order chi connectivity index (χ1) is 10.7. The molecule has 0 aromatic heterocycles. The van der Waals surface area contributed by atoms with Gasteiger partial charge >= 0.3 is 5.97 Å². The molecular weight excluding hydrogens is 292 g/mol. The molecule has 0 spiro atoms. The number of carbonyl (C=O) groups is 1. The third-order valence-corrected chi connectivity index (χ3v) is 4.81. The standard InChI is InChI=1S/C19H36O2S/c1-4-5-6-7-10-13-16-22-17-14-11-8-9-12-15-21-19(20)18(2)3/h2,4-17H2,1,3H3. The summed E-state index contributed by atoms with van der Waals surface area (Å²) in [5.74, 6) is 2.38. The van der Waals surface area contributed by atoms with Gasteiger partial charge in [-0.2, -0.15) is 11.8 Å². The second-order valence-corrected chi connectivity index (χ2v) is 7.29. The van der Waals surface area contributed by atoms with Gasteiger partial charge in [0.05, 0.1) is 6.61 Å². The first kappa shape index (κ1) is 21.6. The zero-order valence-electron chi connectivity index (χ0n) is 14.8. The largest absolute Gasteiger partial charge is 0.462 e. The molecule has 0 aromatic rings. The average Bonchev–Trinajstić information content (AvgIpc) is 2.50. The molecule has 0 saturated carbocycles. The number of ether oxygens (including phenoxy) is 1. The quantitative estimate of drug-likeness (QED) is 0.193. The molecule has 2 nitrogen and oxygen atoms in total. The van der Waals surface area contributed by atoms with E-state index in [-0.39, 0.29) is 5.97 Å². The molecule has 3 heteroatoms. The van der Waals surface area contributed by atoms with Crippen LogP contribution in [0.1, 0.15) is 84.5 Å². The fraction of sp³-hybridized carbons (Fsp3) is 0.842. The van der Waals surface area contributed by atoms with E-state index >= 15 is 0 Å². The first-order valence-electron chi connectivity index (χ1n) is 9.08. The maximum absolute atomic E-state index is 11.2. The van der Waals surface area contributed by atoms with Crippen molar-refractivity contribution in [1.29, 1.82) is 0 Å². The molecular formula is C19H36O2S. The van der Waals surface area contributed by atoms with E-state index in [2.05, 4.69) is 25.3 Å². The van der Waals surface area contributed by atoms with Gasteiger partial charge in [0, 0.05) is 5.57 Å². The Morgan fingerprint density at radius 1 is 0.864 bits per heavy atom. The molecule has 0 aliphatic heterocycles. The second-order valence-electron chi connectivity index (χ2n) is 6.06. The van der Waals surface area contributed by atoms with E-state index in [4.69, 9.17) is 4.74 Å². The van der Waals surface area contributed by atoms with Gasteiger partial charge in [-0.15, -0.1) is 0 Å². The Hall–Kier alpha value is -0.440. The lowest BCUT2D eigenvalue weighted by Gasteiger charge is -2.04. The predicted octanol–water partition coefficient (Wildman–Crippen LogP) is 6.15. The summed E-state index contributed by atoms with van der Waals surface area (Å²) in [5.41, 5.74) is 0.488. The van der Waals surface area contributed by atoms with Crippen LogP contribution in [0.2, 0.25) is 0 Å². The van der Waals surface area contributed by atoms with Crippen LogP contribution < -0.4 is 0 Å². The maximum Gasteiger partial charge on any atom is 0.333 e. The summed E-state index contributed by atoms with van der Waals surface area (Å²) in [6.07, 6.45) is 14.4. The molecule has 0 rings (SSSR count). The molecule has 22 heavy (non-hydrogen) atoms. The molecule has 0 N–H and O–H groups in total. The molecule has 0 heterocycles. The lowest BCUT2D eigenvalue weighted by molar-refractivity contribution is -0.139. The minimum Gasteiger partial charge on any atom is -0.462 e. The van der Waals surface area contributed by atoms with Gasteiger partial charge in [-0.05, 0) is 37.7 Å². The minimum atomic E-state index is -0.258. The number of esters is 1. The highest BCUT2D eigenvalue weighted by atomic mass is 32.2. The molecule has 0 amide bonds. The van der Waals surface area contributed by atoms with Gasteiger partial charge in [0.15, 0.2) is 0 Å². The Morgan fingerprint density at radius 3 is 1.91 bits per heavy atom. The van der Waals surface area contributed by atoms with E-state index in [1.54, 1.807) is 6.92 Å². The number of hydrogen-bond acceptors (Lipinski definition) is 3. The van der Waals surface area contributed by atoms with E-state index < -0.39 is 0 Å². The SMILES string of the molecule is C=C(C)C(=O)OCCCCCCCSCCCCCCCC. The number of carbonyl (C=O) groups excluding carboxylic acids is 1. The van der Waals surface area contributed by atoms with E-state index in [1.807, 2.05) is 0 Å². The van der Waals surface area contributed by atoms with E-state index in [0.29, 0.717) is 12.2 Å². The first-order valence-corrected chi connectivity index (χ1v) is 10.2. The van der Waals surface area contributed by atoms with Crippen LogP contribution in [0.25, 0.3) is 0 Å². The Bertz CT molecular complexity index is 277. The normalized spacial score (nSPS) is 10.6. The molecule has 0 aliphatic carbocycles. The van der Waals surface area contributed by atoms with Crippen molar-refractivity contribution in [3.05, 3.63) is 12.2 Å². The molecule has 0 aliphatic rings. The van der Waals surface area contributed by atoms with Gasteiger partial charge in [-0.25, -0.2) is 4.79 Å². The van der Waals surface area contributed by atoms with Gasteiger partial charge in [0.1, 0.15) is 0 Å². The molecule has 0 saturated heterocycles. The van der Waals surface area contributed by atoms with Crippen LogP contribution in [-0.4, -0.2) is 24.1 Å². The summed E-state index contributed by atoms with van der Waals surface area (Å²) in [6.45, 7) is 8.06. The molecule has 0 atom stereocenters. The predicted molar refractivity (Wildman–Crippen MR) is 99.6 cm³/mol. The summed E-state index contributed by atoms with van der Waals surface area (Å²) >= 11 is 2.11. The van der Waals surface area contributed by atoms with Crippen molar-refractivity contribution in [2.75, 3.05) is 18.1 Å². The number of unbranched alkanes of at least 4 members (excludes halogenated alkanes) is 9. The Balaban J connectivity index is 3.05. The number of hydrogen-bond donors (Lipinski definition) is 0. The maximum atomic E-state index is 11.2. The Morgan fingerprint density at radius 2 is 1.36 bits per heavy atom. The summed E-state index contributed by atoms with van der Waals surface area (Å²) in [4.78, 5) is 11.2. The van der Waals surface area contributed by atoms with Crippen LogP contribution in [0, 0.1) is 0 Å². The smallest absolute Gasteiger partial charge is 0.333 e. The summed E-state index contributed by atoms with van der Waals surface area (Å²) in [7, 11) is 0. The van der Waals surface area contributed by atoms with Crippen LogP contribution >= 0.6 is 11.8 Å². The lowest BCUT2D eigenvalue weighted by atomic mass is 10.1. The van der Waals surface area contributed by atoms with Crippen molar-refractivity contribution in [2.45, 2.75) is 84.5 Å². The topological polar surface area (TPSA) is 26.3 Å². The van der Waals surface area contributed by atoms with Crippen molar-refractivity contribution < 1.29 is 9.53 Å². The van der Waals surface area contributed by atoms with Crippen molar-refractivity contribution in [2.24, 2.45) is 0 Å². The van der Waals surface area contributed by atoms with Crippen LogP contribution in [0.3, 0.4) is 0 Å². The van der Waals surface area contributed by atoms with Crippen molar-refractivity contribution in [3.8, 4) is 0 Å². The average molecular weight is 329 g/mol. The zero-order chi connectivity index (χ0) is 16.5. The Kier molecular flexibility index (Phi) is 16.6. The number of thioether (sulfide) groups is 1. The molecule has 0 unspecified atom stereocenters. The number of rotatable bonds is 16. The highest BCUT2D eigenvalue weighted by Crippen LogP contribution is 2.12. The van der Waals surface area contributed by atoms with Gasteiger partial charge in [0.2, 0.25) is 0 Å². The molecule has 0 radical (unpaired) electrons. The van der Waals surface area contributed by atoms with Crippen LogP contribution in [0.5, 0.6) is 0 Å². The van der Waals surface area contributed by atoms with Crippen LogP contribution in [0.4, 0.5) is 0 Å². The highest BCUT2D eigenvalue weighted by Gasteiger charge is 2.01. The second kappa shape index (κ2) is 16.9. The van der Waals surface area contributed by atoms with E-state index in [9.17, 15) is 4.79 Å². The summed E-state index contributed by atoms with van der Waals surface area (Å²) in [6, 6.07) is 0. The lowest BCUT2D eigenvalue weighted by Crippen LogP contribution is -2.05. The van der Waals surface area contributed by atoms with E-state index in [1.165, 1.54) is 69.3 Å². The zero-order valence-corrected chi connectivity index (χ0v) is 15.6. The van der Waals surface area contributed by atoms with Gasteiger partial charge in [-0.3, -0.25) is 0 Å². The Labute approximate surface area is 142 Å². The van der Waals surface area contributed by atoms with Crippen molar-refractivity contribution in [3.63, 3.8) is 0 Å². The van der Waals surface area contributed by atoms with Crippen LogP contribution in [-0.2, 0) is 9.53 Å². The van der Waals surface area contributed by atoms with Crippen molar-refractivity contribution in [1.82, 2.24) is 0 Å². The minimum absolute atomic E-state index is 0.258. The van der Waals surface area contributed by atoms with E-state index in [0.717, 1.165) is 12.8 Å². The molecule has 130 valence electrons. The third-order valence-electron chi connectivity index (χ3n) is 3.66. The molecule has 0 bridgehead atoms.